The van der Waals surface area contributed by atoms with Crippen molar-refractivity contribution in [2.45, 2.75) is 6.42 Å². The Hall–Kier alpha value is -3.03. The van der Waals surface area contributed by atoms with Gasteiger partial charge in [-0.3, -0.25) is 9.59 Å². The Bertz CT molecular complexity index is 760. The first-order chi connectivity index (χ1) is 12.7. The molecule has 1 aliphatic heterocycles. The number of rotatable bonds is 6. The summed E-state index contributed by atoms with van der Waals surface area (Å²) in [6.07, 6.45) is 4.27. The van der Waals surface area contributed by atoms with E-state index >= 15 is 0 Å². The minimum absolute atomic E-state index is 0.145. The van der Waals surface area contributed by atoms with Crippen LogP contribution in [0, 0.1) is 5.82 Å². The molecule has 8 heteroatoms. The molecule has 2 amide bonds. The fraction of sp³-hybridized carbons (Fsp3) is 0.333. The molecule has 0 unspecified atom stereocenters. The van der Waals surface area contributed by atoms with Gasteiger partial charge < -0.3 is 15.1 Å². The van der Waals surface area contributed by atoms with E-state index in [2.05, 4.69) is 15.3 Å². The molecule has 136 valence electrons. The van der Waals surface area contributed by atoms with Crippen LogP contribution in [0.4, 0.5) is 10.3 Å². The lowest BCUT2D eigenvalue weighted by atomic mass is 10.1. The van der Waals surface area contributed by atoms with Crippen LogP contribution in [-0.2, 0) is 11.2 Å². The van der Waals surface area contributed by atoms with E-state index < -0.39 is 0 Å². The molecule has 1 saturated heterocycles. The molecule has 26 heavy (non-hydrogen) atoms. The van der Waals surface area contributed by atoms with Crippen LogP contribution < -0.4 is 5.32 Å². The molecule has 0 aliphatic carbocycles. The van der Waals surface area contributed by atoms with Gasteiger partial charge in [0.15, 0.2) is 0 Å². The predicted molar refractivity (Wildman–Crippen MR) is 94.2 cm³/mol. The SMILES string of the molecule is O=CN1CCN(C(=O)c2cnc(NCCc3ccccc3F)nc2)CC1. The number of nitrogens with zero attached hydrogens (tertiary/aromatic N) is 4. The molecule has 0 atom stereocenters. The number of anilines is 1. The van der Waals surface area contributed by atoms with E-state index in [4.69, 9.17) is 0 Å². The molecule has 0 spiro atoms. The van der Waals surface area contributed by atoms with Crippen molar-refractivity contribution in [1.29, 1.82) is 0 Å². The highest BCUT2D eigenvalue weighted by atomic mass is 19.1. The van der Waals surface area contributed by atoms with Crippen molar-refractivity contribution >= 4 is 18.3 Å². The van der Waals surface area contributed by atoms with Gasteiger partial charge in [0, 0.05) is 45.1 Å². The summed E-state index contributed by atoms with van der Waals surface area (Å²) in [6.45, 7) is 2.56. The smallest absolute Gasteiger partial charge is 0.257 e. The van der Waals surface area contributed by atoms with Gasteiger partial charge in [0.2, 0.25) is 12.4 Å². The van der Waals surface area contributed by atoms with Crippen LogP contribution in [0.15, 0.2) is 36.7 Å². The van der Waals surface area contributed by atoms with Gasteiger partial charge in [-0.25, -0.2) is 14.4 Å². The first kappa shape index (κ1) is 17.8. The van der Waals surface area contributed by atoms with Crippen molar-refractivity contribution in [2.24, 2.45) is 0 Å². The number of piperazine rings is 1. The number of aromatic nitrogens is 2. The third-order valence-corrected chi connectivity index (χ3v) is 4.28. The molecule has 0 bridgehead atoms. The summed E-state index contributed by atoms with van der Waals surface area (Å²) in [7, 11) is 0. The second-order valence-electron chi connectivity index (χ2n) is 6.00. The van der Waals surface area contributed by atoms with Gasteiger partial charge in [-0.2, -0.15) is 0 Å². The highest BCUT2D eigenvalue weighted by molar-refractivity contribution is 5.93. The van der Waals surface area contributed by atoms with Crippen molar-refractivity contribution in [3.8, 4) is 0 Å². The second-order valence-corrected chi connectivity index (χ2v) is 6.00. The molecule has 7 nitrogen and oxygen atoms in total. The minimum Gasteiger partial charge on any atom is -0.354 e. The number of halogens is 1. The third-order valence-electron chi connectivity index (χ3n) is 4.28. The van der Waals surface area contributed by atoms with Gasteiger partial charge in [-0.1, -0.05) is 18.2 Å². The summed E-state index contributed by atoms with van der Waals surface area (Å²) in [5, 5.41) is 3.02. The van der Waals surface area contributed by atoms with Crippen molar-refractivity contribution in [2.75, 3.05) is 38.0 Å². The molecule has 1 aromatic carbocycles. The Labute approximate surface area is 150 Å². The molecular formula is C18H20FN5O2. The van der Waals surface area contributed by atoms with Gasteiger partial charge in [0.25, 0.3) is 5.91 Å². The number of nitrogens with one attached hydrogen (secondary N) is 1. The average Bonchev–Trinajstić information content (AvgIpc) is 2.69. The molecule has 1 N–H and O–H groups in total. The average molecular weight is 357 g/mol. The van der Waals surface area contributed by atoms with Crippen LogP contribution in [0.3, 0.4) is 0 Å². The Morgan fingerprint density at radius 2 is 1.85 bits per heavy atom. The van der Waals surface area contributed by atoms with Gasteiger partial charge >= 0.3 is 0 Å². The van der Waals surface area contributed by atoms with E-state index in [0.29, 0.717) is 56.2 Å². The summed E-state index contributed by atoms with van der Waals surface area (Å²) in [5.41, 5.74) is 1.03. The van der Waals surface area contributed by atoms with Crippen molar-refractivity contribution in [3.63, 3.8) is 0 Å². The van der Waals surface area contributed by atoms with Crippen LogP contribution >= 0.6 is 0 Å². The fourth-order valence-corrected chi connectivity index (χ4v) is 2.75. The lowest BCUT2D eigenvalue weighted by molar-refractivity contribution is -0.119. The van der Waals surface area contributed by atoms with E-state index in [1.165, 1.54) is 18.5 Å². The Balaban J connectivity index is 1.51. The summed E-state index contributed by atoms with van der Waals surface area (Å²) < 4.78 is 13.6. The monoisotopic (exact) mass is 357 g/mol. The van der Waals surface area contributed by atoms with Crippen LogP contribution in [0.5, 0.6) is 0 Å². The largest absolute Gasteiger partial charge is 0.354 e. The van der Waals surface area contributed by atoms with Crippen molar-refractivity contribution in [1.82, 2.24) is 19.8 Å². The maximum atomic E-state index is 13.6. The normalized spacial score (nSPS) is 14.2. The Morgan fingerprint density at radius 1 is 1.15 bits per heavy atom. The molecule has 1 fully saturated rings. The number of hydrogen-bond donors (Lipinski definition) is 1. The number of benzene rings is 1. The zero-order chi connectivity index (χ0) is 18.4. The summed E-state index contributed by atoms with van der Waals surface area (Å²) in [4.78, 5) is 34.8. The Kier molecular flexibility index (Phi) is 5.73. The van der Waals surface area contributed by atoms with E-state index in [1.807, 2.05) is 0 Å². The maximum Gasteiger partial charge on any atom is 0.257 e. The van der Waals surface area contributed by atoms with E-state index in [-0.39, 0.29) is 11.7 Å². The van der Waals surface area contributed by atoms with Gasteiger partial charge in [-0.05, 0) is 18.1 Å². The molecular weight excluding hydrogens is 337 g/mol. The number of amides is 2. The zero-order valence-electron chi connectivity index (χ0n) is 14.3. The van der Waals surface area contributed by atoms with Gasteiger partial charge in [0.1, 0.15) is 5.82 Å². The molecule has 2 heterocycles. The molecule has 1 aromatic heterocycles. The van der Waals surface area contributed by atoms with Crippen molar-refractivity contribution in [3.05, 3.63) is 53.6 Å². The summed E-state index contributed by atoms with van der Waals surface area (Å²) in [5.74, 6) is 0.0166. The molecule has 3 rings (SSSR count). The van der Waals surface area contributed by atoms with Gasteiger partial charge in [-0.15, -0.1) is 0 Å². The highest BCUT2D eigenvalue weighted by Gasteiger charge is 2.21. The maximum absolute atomic E-state index is 13.6. The van der Waals surface area contributed by atoms with Crippen LogP contribution in [-0.4, -0.2) is 64.8 Å². The lowest BCUT2D eigenvalue weighted by Crippen LogP contribution is -2.48. The van der Waals surface area contributed by atoms with Crippen LogP contribution in [0.25, 0.3) is 0 Å². The number of carbonyl (C=O) groups excluding carboxylic acids is 2. The first-order valence-electron chi connectivity index (χ1n) is 8.45. The summed E-state index contributed by atoms with van der Waals surface area (Å²) >= 11 is 0. The van der Waals surface area contributed by atoms with E-state index in [1.54, 1.807) is 28.0 Å². The molecule has 0 radical (unpaired) electrons. The van der Waals surface area contributed by atoms with Crippen LogP contribution in [0.2, 0.25) is 0 Å². The topological polar surface area (TPSA) is 78.4 Å². The number of carbonyl (C=O) groups is 2. The van der Waals surface area contributed by atoms with Crippen LogP contribution in [0.1, 0.15) is 15.9 Å². The number of hydrogen-bond acceptors (Lipinski definition) is 5. The standard InChI is InChI=1S/C18H20FN5O2/c19-16-4-2-1-3-14(16)5-6-20-18-21-11-15(12-22-18)17(26)24-9-7-23(13-25)8-10-24/h1-4,11-13H,5-10H2,(H,20,21,22). The van der Waals surface area contributed by atoms with E-state index in [0.717, 1.165) is 6.41 Å². The zero-order valence-corrected chi connectivity index (χ0v) is 14.3. The fourth-order valence-electron chi connectivity index (χ4n) is 2.75. The lowest BCUT2D eigenvalue weighted by Gasteiger charge is -2.32. The second kappa shape index (κ2) is 8.37. The minimum atomic E-state index is -0.231. The molecule has 0 saturated carbocycles. The Morgan fingerprint density at radius 3 is 2.50 bits per heavy atom. The highest BCUT2D eigenvalue weighted by Crippen LogP contribution is 2.09. The third kappa shape index (κ3) is 4.33. The van der Waals surface area contributed by atoms with Gasteiger partial charge in [0.05, 0.1) is 5.56 Å². The molecule has 2 aromatic rings. The first-order valence-corrected chi connectivity index (χ1v) is 8.45. The quantitative estimate of drug-likeness (QED) is 0.786. The summed E-state index contributed by atoms with van der Waals surface area (Å²) in [6, 6.07) is 6.62. The van der Waals surface area contributed by atoms with Crippen molar-refractivity contribution < 1.29 is 14.0 Å². The predicted octanol–water partition coefficient (Wildman–Crippen LogP) is 1.18. The molecule has 1 aliphatic rings. The van der Waals surface area contributed by atoms with E-state index in [9.17, 15) is 14.0 Å².